The van der Waals surface area contributed by atoms with Gasteiger partial charge in [0.05, 0.1) is 5.41 Å². The molecule has 0 radical (unpaired) electrons. The van der Waals surface area contributed by atoms with Crippen LogP contribution in [0.3, 0.4) is 0 Å². The smallest absolute Gasteiger partial charge is 0.209 e. The van der Waals surface area contributed by atoms with Crippen molar-refractivity contribution >= 4 is 27.5 Å². The number of nitroso groups, excluding NO2 is 1. The van der Waals surface area contributed by atoms with Crippen LogP contribution in [0.5, 0.6) is 0 Å². The molecule has 4 nitrogen and oxygen atoms in total. The highest BCUT2D eigenvalue weighted by atomic mass is 79.9. The Morgan fingerprint density at radius 2 is 1.53 bits per heavy atom. The van der Waals surface area contributed by atoms with Crippen LogP contribution in [0.25, 0.3) is 0 Å². The highest BCUT2D eigenvalue weighted by Crippen LogP contribution is 2.38. The van der Waals surface area contributed by atoms with Gasteiger partial charge in [-0.2, -0.15) is 4.58 Å². The maximum Gasteiger partial charge on any atom is 0.209 e. The molecule has 1 heterocycles. The average molecular weight is 568 g/mol. The second kappa shape index (κ2) is 18.5. The maximum absolute atomic E-state index is 9.09. The van der Waals surface area contributed by atoms with Gasteiger partial charge in [0.2, 0.25) is 5.69 Å². The monoisotopic (exact) mass is 566 g/mol. The number of aliphatic hydroxyl groups excluding tert-OH is 1. The van der Waals surface area contributed by atoms with E-state index in [4.69, 9.17) is 16.4 Å². The summed E-state index contributed by atoms with van der Waals surface area (Å²) in [6.07, 6.45) is 4.86. The molecule has 2 rings (SSSR count). The Hall–Kier alpha value is -3.23. The summed E-state index contributed by atoms with van der Waals surface area (Å²) in [5.74, 6) is 26.9. The van der Waals surface area contributed by atoms with Crippen LogP contribution >= 0.6 is 16.1 Å². The number of β-amino-alcohol motifs (C(OH)–C–C–N with tert-alkyl or cyclic N) is 1. The molecule has 1 N–H and O–H groups in total. The van der Waals surface area contributed by atoms with Crippen LogP contribution in [-0.2, 0) is 5.41 Å². The van der Waals surface area contributed by atoms with Crippen molar-refractivity contribution in [3.8, 4) is 71.5 Å². The van der Waals surface area contributed by atoms with Crippen LogP contribution < -0.4 is 17.0 Å². The SMILES string of the molecule is C#CC#CC#CC#CC#CC#CC.CC1=[N+](CCO)c2ccccc2C1(C)C.O=NBr.[Br-].[HH].[HH].[HH].[HH].[HH].[HH].[HH]. The summed E-state index contributed by atoms with van der Waals surface area (Å²) in [4.78, 5) is 8.47. The van der Waals surface area contributed by atoms with Crippen molar-refractivity contribution in [2.45, 2.75) is 33.1 Å². The Kier molecular flexibility index (Phi) is 17.9. The number of nitrogens with zero attached hydrogens (tertiary/aromatic N) is 2. The van der Waals surface area contributed by atoms with Gasteiger partial charge in [0, 0.05) is 32.7 Å². The van der Waals surface area contributed by atoms with Crippen molar-refractivity contribution in [1.82, 2.24) is 0 Å². The van der Waals surface area contributed by atoms with Crippen LogP contribution in [0.15, 0.2) is 28.5 Å². The molecular weight excluding hydrogens is 532 g/mol. The molecule has 1 aromatic rings. The quantitative estimate of drug-likeness (QED) is 0.339. The number of para-hydroxylation sites is 1. The molecule has 6 heteroatoms. The van der Waals surface area contributed by atoms with Crippen LogP contribution in [0.4, 0.5) is 5.69 Å². The number of hydrogen-bond donors (Lipinski definition) is 1. The molecule has 1 aromatic carbocycles. The lowest BCUT2D eigenvalue weighted by molar-refractivity contribution is -0.442. The molecule has 0 aromatic heterocycles. The molecule has 0 saturated carbocycles. The molecule has 0 fully saturated rings. The van der Waals surface area contributed by atoms with Crippen LogP contribution in [-0.4, -0.2) is 28.5 Å². The molecule has 0 spiro atoms. The van der Waals surface area contributed by atoms with E-state index in [1.807, 2.05) is 0 Å². The third-order valence-electron chi connectivity index (χ3n) is 4.20. The predicted octanol–water partition coefficient (Wildman–Crippen LogP) is 2.52. The van der Waals surface area contributed by atoms with Crippen LogP contribution in [0, 0.1) is 76.5 Å². The standard InChI is InChI=1S/C13H18NO.C13H4.BrNO.BrH.7H2/c1-10-13(2,3)11-6-4-5-7-12(11)14(10)8-9-15;1-3-5-7-9-11-13-12-10-8-6-4-2;1-2-3;;;;;;;;/h4-7,15H,8-9H2,1-3H3;1H,2H3;;8*1H/q+1;;;;;;;;;;/p-1. The van der Waals surface area contributed by atoms with E-state index >= 15 is 0 Å². The number of aliphatic hydroxyl groups is 1. The van der Waals surface area contributed by atoms with Crippen molar-refractivity contribution in [3.63, 3.8) is 0 Å². The normalized spacial score (nSPS) is 10.4. The lowest BCUT2D eigenvalue weighted by atomic mass is 9.82. The Labute approximate surface area is 220 Å². The molecular formula is C26H36Br2N2O2. The maximum atomic E-state index is 9.09. The third-order valence-corrected chi connectivity index (χ3v) is 4.20. The topological polar surface area (TPSA) is 52.7 Å². The van der Waals surface area contributed by atoms with E-state index in [1.165, 1.54) is 17.0 Å². The van der Waals surface area contributed by atoms with Crippen molar-refractivity contribution in [2.75, 3.05) is 13.2 Å². The summed E-state index contributed by atoms with van der Waals surface area (Å²) in [5, 5.41) is 9.09. The molecule has 32 heavy (non-hydrogen) atoms. The van der Waals surface area contributed by atoms with Crippen LogP contribution in [0.1, 0.15) is 43.2 Å². The first-order valence-electron chi connectivity index (χ1n) is 9.05. The fourth-order valence-corrected chi connectivity index (χ4v) is 2.66. The lowest BCUT2D eigenvalue weighted by Crippen LogP contribution is -3.00. The Balaban J connectivity index is -0.0000000507. The highest BCUT2D eigenvalue weighted by Gasteiger charge is 2.42. The molecule has 0 amide bonds. The number of rotatable bonds is 2. The van der Waals surface area contributed by atoms with Gasteiger partial charge in [0.25, 0.3) is 0 Å². The van der Waals surface area contributed by atoms with Gasteiger partial charge in [-0.15, -0.1) is 11.3 Å². The highest BCUT2D eigenvalue weighted by molar-refractivity contribution is 9.08. The second-order valence-corrected chi connectivity index (χ2v) is 6.48. The van der Waals surface area contributed by atoms with Crippen molar-refractivity contribution < 1.29 is 36.6 Å². The number of halogens is 2. The summed E-state index contributed by atoms with van der Waals surface area (Å²) < 4.78 is 4.28. The van der Waals surface area contributed by atoms with E-state index in [9.17, 15) is 0 Å². The summed E-state index contributed by atoms with van der Waals surface area (Å²) in [7, 11) is 0. The Bertz CT molecular complexity index is 1190. The van der Waals surface area contributed by atoms with E-state index in [0.29, 0.717) is 6.54 Å². The number of fused-ring (bicyclic) bond motifs is 1. The summed E-state index contributed by atoms with van der Waals surface area (Å²) in [6, 6.07) is 8.44. The summed E-state index contributed by atoms with van der Waals surface area (Å²) in [5.41, 5.74) is 4.01. The van der Waals surface area contributed by atoms with Gasteiger partial charge in [0.15, 0.2) is 12.3 Å². The van der Waals surface area contributed by atoms with Gasteiger partial charge in [-0.25, -0.2) is 0 Å². The zero-order valence-electron chi connectivity index (χ0n) is 18.3. The molecule has 0 atom stereocenters. The van der Waals surface area contributed by atoms with Gasteiger partial charge in [-0.3, -0.25) is 0 Å². The average Bonchev–Trinajstić information content (AvgIpc) is 2.95. The fraction of sp³-hybridized carbons (Fsp3) is 0.269. The molecule has 1 aliphatic heterocycles. The summed E-state index contributed by atoms with van der Waals surface area (Å²) in [6.45, 7) is 9.21. The van der Waals surface area contributed by atoms with Crippen molar-refractivity contribution in [3.05, 3.63) is 34.7 Å². The number of terminal acetylenes is 1. The first kappa shape index (κ1) is 31.0. The van der Waals surface area contributed by atoms with Gasteiger partial charge in [-0.05, 0) is 80.0 Å². The van der Waals surface area contributed by atoms with Gasteiger partial charge in [-0.1, -0.05) is 24.1 Å². The lowest BCUT2D eigenvalue weighted by Gasteiger charge is -2.14. The molecule has 0 bridgehead atoms. The molecule has 0 aliphatic carbocycles. The van der Waals surface area contributed by atoms with E-state index in [2.05, 4.69) is 135 Å². The number of benzene rings is 1. The second-order valence-electron chi connectivity index (χ2n) is 6.19. The zero-order chi connectivity index (χ0) is 23.5. The van der Waals surface area contributed by atoms with Crippen molar-refractivity contribution in [1.29, 1.82) is 0 Å². The zero-order valence-corrected chi connectivity index (χ0v) is 21.5. The van der Waals surface area contributed by atoms with Gasteiger partial charge >= 0.3 is 0 Å². The predicted molar refractivity (Wildman–Crippen MR) is 145 cm³/mol. The first-order chi connectivity index (χ1) is 14.9. The Morgan fingerprint density at radius 3 is 2.00 bits per heavy atom. The van der Waals surface area contributed by atoms with Gasteiger partial charge < -0.3 is 22.1 Å². The largest absolute Gasteiger partial charge is 1.00 e. The van der Waals surface area contributed by atoms with Gasteiger partial charge in [0.1, 0.15) is 22.8 Å². The molecule has 0 saturated heterocycles. The first-order valence-corrected chi connectivity index (χ1v) is 9.76. The van der Waals surface area contributed by atoms with Crippen molar-refractivity contribution in [2.24, 2.45) is 4.20 Å². The summed E-state index contributed by atoms with van der Waals surface area (Å²) >= 11 is 2.22. The number of hydrogen-bond acceptors (Lipinski definition) is 3. The minimum atomic E-state index is 0. The minimum absolute atomic E-state index is 0. The van der Waals surface area contributed by atoms with E-state index in [-0.39, 0.29) is 39.0 Å². The molecule has 176 valence electrons. The molecule has 0 unspecified atom stereocenters. The van der Waals surface area contributed by atoms with E-state index in [0.717, 1.165) is 0 Å². The fourth-order valence-electron chi connectivity index (χ4n) is 2.66. The Morgan fingerprint density at radius 1 is 1.06 bits per heavy atom. The third kappa shape index (κ3) is 10.7. The minimum Gasteiger partial charge on any atom is -1.00 e. The van der Waals surface area contributed by atoms with E-state index < -0.39 is 0 Å². The van der Waals surface area contributed by atoms with E-state index in [1.54, 1.807) is 6.92 Å². The molecule has 1 aliphatic rings. The van der Waals surface area contributed by atoms with Crippen LogP contribution in [0.2, 0.25) is 0 Å².